The Morgan fingerprint density at radius 3 is 1.69 bits per heavy atom. The van der Waals surface area contributed by atoms with E-state index in [4.69, 9.17) is 14.2 Å². The highest BCUT2D eigenvalue weighted by Gasteiger charge is 2.18. The van der Waals surface area contributed by atoms with E-state index in [-0.39, 0.29) is 13.0 Å². The molecule has 0 rings (SSSR count). The second kappa shape index (κ2) is 13.2. The molecule has 0 saturated heterocycles. The molecule has 0 aliphatic heterocycles. The van der Waals surface area contributed by atoms with Crippen molar-refractivity contribution in [1.82, 2.24) is 0 Å². The summed E-state index contributed by atoms with van der Waals surface area (Å²) in [4.78, 5) is 56.1. The fourth-order valence-electron chi connectivity index (χ4n) is 1.24. The van der Waals surface area contributed by atoms with Crippen molar-refractivity contribution >= 4 is 29.8 Å². The average Bonchev–Trinajstić information content (AvgIpc) is 2.65. The molecule has 1 unspecified atom stereocenters. The third-order valence-corrected chi connectivity index (χ3v) is 2.53. The third kappa shape index (κ3) is 11.4. The monoisotopic (exact) mass is 372 g/mol. The Hall–Kier alpha value is -3.17. The molecule has 0 fully saturated rings. The lowest BCUT2D eigenvalue weighted by molar-refractivity contribution is -0.162. The van der Waals surface area contributed by atoms with Gasteiger partial charge in [0.15, 0.2) is 6.10 Å². The van der Waals surface area contributed by atoms with Gasteiger partial charge in [0.1, 0.15) is 13.2 Å². The summed E-state index contributed by atoms with van der Waals surface area (Å²) >= 11 is 0. The molecule has 26 heavy (non-hydrogen) atoms. The van der Waals surface area contributed by atoms with Crippen LogP contribution in [0.2, 0.25) is 0 Å². The van der Waals surface area contributed by atoms with Gasteiger partial charge in [-0.05, 0) is 0 Å². The second-order valence-corrected chi connectivity index (χ2v) is 4.44. The Morgan fingerprint density at radius 1 is 0.731 bits per heavy atom. The van der Waals surface area contributed by atoms with Crippen molar-refractivity contribution in [3.05, 3.63) is 24.3 Å². The number of esters is 5. The van der Waals surface area contributed by atoms with Crippen LogP contribution in [0.5, 0.6) is 0 Å². The fourth-order valence-corrected chi connectivity index (χ4v) is 1.24. The smallest absolute Gasteiger partial charge is 0.331 e. The van der Waals surface area contributed by atoms with Crippen molar-refractivity contribution < 1.29 is 47.7 Å². The number of rotatable bonds is 10. The molecular weight excluding hydrogens is 352 g/mol. The molecule has 0 bridgehead atoms. The molecule has 1 atom stereocenters. The van der Waals surface area contributed by atoms with Crippen molar-refractivity contribution in [3.8, 4) is 0 Å². The van der Waals surface area contributed by atoms with Gasteiger partial charge in [0.05, 0.1) is 14.2 Å². The quantitative estimate of drug-likeness (QED) is 0.290. The van der Waals surface area contributed by atoms with Gasteiger partial charge in [-0.2, -0.15) is 0 Å². The number of carbonyl (C=O) groups is 5. The third-order valence-electron chi connectivity index (χ3n) is 2.53. The summed E-state index contributed by atoms with van der Waals surface area (Å²) in [5, 5.41) is 0. The van der Waals surface area contributed by atoms with Crippen molar-refractivity contribution in [2.45, 2.75) is 19.4 Å². The van der Waals surface area contributed by atoms with E-state index in [1.807, 2.05) is 0 Å². The minimum atomic E-state index is -1.12. The van der Waals surface area contributed by atoms with Gasteiger partial charge in [-0.1, -0.05) is 6.92 Å². The molecule has 0 amide bonds. The van der Waals surface area contributed by atoms with Crippen LogP contribution in [-0.2, 0) is 47.7 Å². The van der Waals surface area contributed by atoms with Crippen LogP contribution in [0.3, 0.4) is 0 Å². The molecule has 0 aliphatic rings. The van der Waals surface area contributed by atoms with E-state index in [1.165, 1.54) is 0 Å². The van der Waals surface area contributed by atoms with Crippen molar-refractivity contribution in [3.63, 3.8) is 0 Å². The molecule has 0 heterocycles. The van der Waals surface area contributed by atoms with E-state index in [1.54, 1.807) is 6.92 Å². The van der Waals surface area contributed by atoms with E-state index in [0.717, 1.165) is 38.5 Å². The van der Waals surface area contributed by atoms with Gasteiger partial charge in [-0.25, -0.2) is 19.2 Å². The van der Waals surface area contributed by atoms with Crippen LogP contribution in [0.1, 0.15) is 13.3 Å². The van der Waals surface area contributed by atoms with Crippen LogP contribution in [0.15, 0.2) is 24.3 Å². The maximum absolute atomic E-state index is 11.6. The number of hydrogen-bond donors (Lipinski definition) is 0. The lowest BCUT2D eigenvalue weighted by Gasteiger charge is -2.16. The first-order chi connectivity index (χ1) is 12.3. The maximum Gasteiger partial charge on any atom is 0.331 e. The van der Waals surface area contributed by atoms with Gasteiger partial charge in [-0.15, -0.1) is 0 Å². The van der Waals surface area contributed by atoms with Crippen LogP contribution in [-0.4, -0.2) is 63.4 Å². The zero-order valence-electron chi connectivity index (χ0n) is 14.6. The molecule has 10 heteroatoms. The maximum atomic E-state index is 11.6. The van der Waals surface area contributed by atoms with Crippen LogP contribution < -0.4 is 0 Å². The Labute approximate surface area is 149 Å². The number of ether oxygens (including phenoxy) is 5. The molecular formula is C16H20O10. The summed E-state index contributed by atoms with van der Waals surface area (Å²) in [7, 11) is 2.27. The highest BCUT2D eigenvalue weighted by molar-refractivity contribution is 5.92. The summed E-state index contributed by atoms with van der Waals surface area (Å²) in [6.07, 6.45) is 2.29. The Kier molecular flexibility index (Phi) is 11.6. The molecule has 0 N–H and O–H groups in total. The second-order valence-electron chi connectivity index (χ2n) is 4.44. The minimum absolute atomic E-state index is 0.102. The Balaban J connectivity index is 4.70. The fraction of sp³-hybridized carbons (Fsp3) is 0.438. The molecule has 0 spiro atoms. The minimum Gasteiger partial charge on any atom is -0.466 e. The first-order valence-electron chi connectivity index (χ1n) is 7.37. The van der Waals surface area contributed by atoms with Gasteiger partial charge < -0.3 is 23.7 Å². The standard InChI is InChI=1S/C16H20O10/c1-4-12(17)24-9-11(26-16(21)8-6-14(19)23-3)10-25-15(20)7-5-13(18)22-2/h5-8,11H,4,9-10H2,1-3H3/b7-5+,8-6+. The predicted molar refractivity (Wildman–Crippen MR) is 84.4 cm³/mol. The normalized spacial score (nSPS) is 11.7. The van der Waals surface area contributed by atoms with Crippen LogP contribution in [0.25, 0.3) is 0 Å². The summed E-state index contributed by atoms with van der Waals surface area (Å²) < 4.78 is 23.2. The van der Waals surface area contributed by atoms with Gasteiger partial charge in [-0.3, -0.25) is 4.79 Å². The van der Waals surface area contributed by atoms with Crippen LogP contribution >= 0.6 is 0 Å². The molecule has 0 aliphatic carbocycles. The SMILES string of the molecule is CCC(=O)OCC(COC(=O)/C=C/C(=O)OC)OC(=O)/C=C/C(=O)OC. The lowest BCUT2D eigenvalue weighted by Crippen LogP contribution is -2.30. The highest BCUT2D eigenvalue weighted by atomic mass is 16.6. The lowest BCUT2D eigenvalue weighted by atomic mass is 10.4. The van der Waals surface area contributed by atoms with E-state index >= 15 is 0 Å². The van der Waals surface area contributed by atoms with Crippen molar-refractivity contribution in [2.75, 3.05) is 27.4 Å². The first kappa shape index (κ1) is 22.8. The van der Waals surface area contributed by atoms with E-state index in [0.29, 0.717) is 0 Å². The molecule has 144 valence electrons. The summed E-state index contributed by atoms with van der Waals surface area (Å²) in [5.74, 6) is -3.91. The highest BCUT2D eigenvalue weighted by Crippen LogP contribution is 2.00. The number of methoxy groups -OCH3 is 2. The van der Waals surface area contributed by atoms with Crippen molar-refractivity contribution in [2.24, 2.45) is 0 Å². The number of carbonyl (C=O) groups excluding carboxylic acids is 5. The summed E-state index contributed by atoms with van der Waals surface area (Å²) in [6.45, 7) is 0.762. The van der Waals surface area contributed by atoms with Crippen LogP contribution in [0, 0.1) is 0 Å². The molecule has 0 aromatic carbocycles. The Bertz CT molecular complexity index is 576. The van der Waals surface area contributed by atoms with Gasteiger partial charge in [0, 0.05) is 30.7 Å². The largest absolute Gasteiger partial charge is 0.466 e. The van der Waals surface area contributed by atoms with E-state index < -0.39 is 42.6 Å². The zero-order chi connectivity index (χ0) is 19.9. The van der Waals surface area contributed by atoms with Crippen LogP contribution in [0.4, 0.5) is 0 Å². The first-order valence-corrected chi connectivity index (χ1v) is 7.37. The average molecular weight is 372 g/mol. The number of hydrogen-bond acceptors (Lipinski definition) is 10. The van der Waals surface area contributed by atoms with Crippen molar-refractivity contribution in [1.29, 1.82) is 0 Å². The summed E-state index contributed by atoms with van der Waals surface area (Å²) in [6, 6.07) is 0. The van der Waals surface area contributed by atoms with E-state index in [2.05, 4.69) is 9.47 Å². The molecule has 0 aromatic rings. The molecule has 10 nitrogen and oxygen atoms in total. The Morgan fingerprint density at radius 2 is 1.19 bits per heavy atom. The zero-order valence-corrected chi connectivity index (χ0v) is 14.6. The summed E-state index contributed by atoms with van der Waals surface area (Å²) in [5.41, 5.74) is 0. The molecule has 0 radical (unpaired) electrons. The molecule has 0 saturated carbocycles. The van der Waals surface area contributed by atoms with E-state index in [9.17, 15) is 24.0 Å². The predicted octanol–water partition coefficient (Wildman–Crippen LogP) is -0.147. The van der Waals surface area contributed by atoms with Gasteiger partial charge in [0.2, 0.25) is 0 Å². The topological polar surface area (TPSA) is 132 Å². The van der Waals surface area contributed by atoms with Gasteiger partial charge in [0.25, 0.3) is 0 Å². The molecule has 0 aromatic heterocycles. The van der Waals surface area contributed by atoms with Gasteiger partial charge >= 0.3 is 29.8 Å².